The minimum Gasteiger partial charge on any atom is -0.379 e. The standard InChI is InChI=1S/C7H14O2/c1-8-6-4-3-5-7-9-2/h6-7H,3-5H2,1-2H3. The van der Waals surface area contributed by atoms with Crippen LogP contribution in [0.3, 0.4) is 0 Å². The van der Waals surface area contributed by atoms with Gasteiger partial charge in [-0.05, 0) is 19.3 Å². The molecule has 2 nitrogen and oxygen atoms in total. The van der Waals surface area contributed by atoms with Crippen LogP contribution in [-0.2, 0) is 9.47 Å². The molecule has 0 aromatic heterocycles. The van der Waals surface area contributed by atoms with Gasteiger partial charge in [0, 0.05) is 14.2 Å². The van der Waals surface area contributed by atoms with Gasteiger partial charge < -0.3 is 9.47 Å². The van der Waals surface area contributed by atoms with Crippen LogP contribution in [-0.4, -0.2) is 14.2 Å². The molecule has 0 aliphatic heterocycles. The van der Waals surface area contributed by atoms with Crippen LogP contribution in [0, 0.1) is 13.2 Å². The Morgan fingerprint density at radius 3 is 1.78 bits per heavy atom. The van der Waals surface area contributed by atoms with Gasteiger partial charge in [-0.1, -0.05) is 0 Å². The summed E-state index contributed by atoms with van der Waals surface area (Å²) in [5.41, 5.74) is 0. The second-order valence-electron chi connectivity index (χ2n) is 1.74. The van der Waals surface area contributed by atoms with Gasteiger partial charge in [0.2, 0.25) is 0 Å². The van der Waals surface area contributed by atoms with E-state index in [-0.39, 0.29) is 0 Å². The SMILES string of the molecule is CO[CH]CCC[CH]OC. The lowest BCUT2D eigenvalue weighted by Crippen LogP contribution is -1.83. The Balaban J connectivity index is 2.60. The summed E-state index contributed by atoms with van der Waals surface area (Å²) in [7, 11) is 3.33. The van der Waals surface area contributed by atoms with E-state index in [0.717, 1.165) is 19.3 Å². The summed E-state index contributed by atoms with van der Waals surface area (Å²) in [5.74, 6) is 0. The second kappa shape index (κ2) is 7.92. The quantitative estimate of drug-likeness (QED) is 0.510. The van der Waals surface area contributed by atoms with E-state index in [2.05, 4.69) is 0 Å². The summed E-state index contributed by atoms with van der Waals surface area (Å²) in [5, 5.41) is 0. The lowest BCUT2D eigenvalue weighted by Gasteiger charge is -1.96. The molecule has 0 amide bonds. The van der Waals surface area contributed by atoms with E-state index in [0.29, 0.717) is 0 Å². The maximum atomic E-state index is 4.74. The molecule has 0 aliphatic rings. The van der Waals surface area contributed by atoms with Crippen molar-refractivity contribution in [2.75, 3.05) is 14.2 Å². The molecule has 0 N–H and O–H groups in total. The molecule has 0 aromatic rings. The average Bonchev–Trinajstić information content (AvgIpc) is 1.89. The van der Waals surface area contributed by atoms with E-state index in [4.69, 9.17) is 9.47 Å². The molecule has 0 fully saturated rings. The van der Waals surface area contributed by atoms with Crippen LogP contribution >= 0.6 is 0 Å². The van der Waals surface area contributed by atoms with Crippen molar-refractivity contribution in [3.05, 3.63) is 13.2 Å². The molecule has 0 bridgehead atoms. The molecular formula is C7H14O2. The third-order valence-corrected chi connectivity index (χ3v) is 0.977. The molecule has 0 spiro atoms. The monoisotopic (exact) mass is 130 g/mol. The molecule has 54 valence electrons. The van der Waals surface area contributed by atoms with Crippen molar-refractivity contribution in [3.63, 3.8) is 0 Å². The van der Waals surface area contributed by atoms with Gasteiger partial charge in [-0.25, -0.2) is 0 Å². The lowest BCUT2D eigenvalue weighted by atomic mass is 10.2. The molecule has 0 aromatic carbocycles. The molecule has 0 rings (SSSR count). The molecule has 2 heteroatoms. The molecule has 0 unspecified atom stereocenters. The fourth-order valence-electron chi connectivity index (χ4n) is 0.520. The molecule has 0 atom stereocenters. The summed E-state index contributed by atoms with van der Waals surface area (Å²) in [4.78, 5) is 0. The van der Waals surface area contributed by atoms with Gasteiger partial charge in [0.1, 0.15) is 0 Å². The van der Waals surface area contributed by atoms with Crippen molar-refractivity contribution in [2.45, 2.75) is 19.3 Å². The smallest absolute Gasteiger partial charge is 0.0832 e. The Kier molecular flexibility index (Phi) is 7.85. The molecule has 0 saturated carbocycles. The molecule has 0 saturated heterocycles. The molecule has 0 aliphatic carbocycles. The number of hydrogen-bond donors (Lipinski definition) is 0. The van der Waals surface area contributed by atoms with Crippen molar-refractivity contribution in [1.29, 1.82) is 0 Å². The van der Waals surface area contributed by atoms with E-state index in [9.17, 15) is 0 Å². The van der Waals surface area contributed by atoms with Gasteiger partial charge in [-0.2, -0.15) is 0 Å². The first-order valence-corrected chi connectivity index (χ1v) is 3.10. The van der Waals surface area contributed by atoms with Crippen molar-refractivity contribution in [1.82, 2.24) is 0 Å². The Hall–Kier alpha value is -0.0800. The summed E-state index contributed by atoms with van der Waals surface area (Å²) in [6.45, 7) is 3.59. The lowest BCUT2D eigenvalue weighted by molar-refractivity contribution is 0.246. The summed E-state index contributed by atoms with van der Waals surface area (Å²) < 4.78 is 9.48. The highest BCUT2D eigenvalue weighted by Gasteiger charge is 1.87. The predicted octanol–water partition coefficient (Wildman–Crippen LogP) is 1.77. The van der Waals surface area contributed by atoms with E-state index >= 15 is 0 Å². The number of hydrogen-bond acceptors (Lipinski definition) is 2. The van der Waals surface area contributed by atoms with Gasteiger partial charge in [-0.3, -0.25) is 0 Å². The Bertz CT molecular complexity index is 40.2. The number of rotatable bonds is 6. The van der Waals surface area contributed by atoms with Crippen LogP contribution in [0.4, 0.5) is 0 Å². The Morgan fingerprint density at radius 1 is 1.00 bits per heavy atom. The maximum Gasteiger partial charge on any atom is 0.0832 e. The van der Waals surface area contributed by atoms with E-state index in [1.54, 1.807) is 27.4 Å². The summed E-state index contributed by atoms with van der Waals surface area (Å²) in [6.07, 6.45) is 3.09. The fourth-order valence-corrected chi connectivity index (χ4v) is 0.520. The minimum atomic E-state index is 0.996. The number of unbranched alkanes of at least 4 members (excludes halogenated alkanes) is 2. The predicted molar refractivity (Wildman–Crippen MR) is 36.5 cm³/mol. The Morgan fingerprint density at radius 2 is 1.44 bits per heavy atom. The van der Waals surface area contributed by atoms with Gasteiger partial charge >= 0.3 is 0 Å². The van der Waals surface area contributed by atoms with E-state index in [1.165, 1.54) is 0 Å². The van der Waals surface area contributed by atoms with Crippen molar-refractivity contribution in [3.8, 4) is 0 Å². The molecule has 2 radical (unpaired) electrons. The van der Waals surface area contributed by atoms with Crippen molar-refractivity contribution in [2.24, 2.45) is 0 Å². The van der Waals surface area contributed by atoms with Gasteiger partial charge in [0.15, 0.2) is 0 Å². The molecular weight excluding hydrogens is 116 g/mol. The van der Waals surface area contributed by atoms with Crippen LogP contribution in [0.2, 0.25) is 0 Å². The average molecular weight is 130 g/mol. The van der Waals surface area contributed by atoms with Crippen LogP contribution in [0.1, 0.15) is 19.3 Å². The summed E-state index contributed by atoms with van der Waals surface area (Å²) >= 11 is 0. The highest BCUT2D eigenvalue weighted by molar-refractivity contribution is 4.54. The zero-order valence-corrected chi connectivity index (χ0v) is 6.09. The first-order chi connectivity index (χ1) is 4.41. The van der Waals surface area contributed by atoms with Crippen LogP contribution in [0.5, 0.6) is 0 Å². The zero-order valence-electron chi connectivity index (χ0n) is 6.09. The van der Waals surface area contributed by atoms with Crippen molar-refractivity contribution >= 4 is 0 Å². The first-order valence-electron chi connectivity index (χ1n) is 3.10. The van der Waals surface area contributed by atoms with E-state index < -0.39 is 0 Å². The fraction of sp³-hybridized carbons (Fsp3) is 0.714. The third-order valence-electron chi connectivity index (χ3n) is 0.977. The topological polar surface area (TPSA) is 18.5 Å². The third kappa shape index (κ3) is 7.92. The highest BCUT2D eigenvalue weighted by atomic mass is 16.5. The first kappa shape index (κ1) is 8.92. The Labute approximate surface area is 57.2 Å². The second-order valence-corrected chi connectivity index (χ2v) is 1.74. The van der Waals surface area contributed by atoms with Gasteiger partial charge in [0.05, 0.1) is 13.2 Å². The highest BCUT2D eigenvalue weighted by Crippen LogP contribution is 2.00. The van der Waals surface area contributed by atoms with Gasteiger partial charge in [0.25, 0.3) is 0 Å². The maximum absolute atomic E-state index is 4.74. The molecule has 0 heterocycles. The number of ether oxygens (including phenoxy) is 2. The van der Waals surface area contributed by atoms with Crippen LogP contribution < -0.4 is 0 Å². The van der Waals surface area contributed by atoms with Crippen molar-refractivity contribution < 1.29 is 9.47 Å². The number of methoxy groups -OCH3 is 2. The minimum absolute atomic E-state index is 0.996. The van der Waals surface area contributed by atoms with Gasteiger partial charge in [-0.15, -0.1) is 0 Å². The van der Waals surface area contributed by atoms with Crippen LogP contribution in [0.25, 0.3) is 0 Å². The summed E-state index contributed by atoms with van der Waals surface area (Å²) in [6, 6.07) is 0. The van der Waals surface area contributed by atoms with E-state index in [1.807, 2.05) is 0 Å². The molecule has 9 heavy (non-hydrogen) atoms. The zero-order chi connectivity index (χ0) is 6.95. The van der Waals surface area contributed by atoms with Crippen LogP contribution in [0.15, 0.2) is 0 Å². The largest absolute Gasteiger partial charge is 0.379 e. The normalized spacial score (nSPS) is 10.0.